The van der Waals surface area contributed by atoms with Crippen molar-refractivity contribution in [3.63, 3.8) is 0 Å². The maximum absolute atomic E-state index is 13.3. The van der Waals surface area contributed by atoms with Gasteiger partial charge in [-0.2, -0.15) is 0 Å². The number of benzene rings is 1. The molecule has 0 bridgehead atoms. The quantitative estimate of drug-likeness (QED) is 0.532. The highest BCUT2D eigenvalue weighted by Crippen LogP contribution is 2.31. The second-order valence-corrected chi connectivity index (χ2v) is 7.25. The minimum Gasteiger partial charge on any atom is -0.497 e. The van der Waals surface area contributed by atoms with E-state index in [2.05, 4.69) is 4.98 Å². The summed E-state index contributed by atoms with van der Waals surface area (Å²) in [4.78, 5) is 29.3. The number of carbonyl (C=O) groups is 2. The molecule has 3 rings (SSSR count). The Morgan fingerprint density at radius 2 is 1.97 bits per heavy atom. The van der Waals surface area contributed by atoms with E-state index in [4.69, 9.17) is 9.47 Å². The van der Waals surface area contributed by atoms with Crippen LogP contribution in [0.15, 0.2) is 36.5 Å². The smallest absolute Gasteiger partial charge is 0.303 e. The van der Waals surface area contributed by atoms with E-state index in [1.807, 2.05) is 32.0 Å². The number of ether oxygens (including phenoxy) is 2. The lowest BCUT2D eigenvalue weighted by Gasteiger charge is -2.17. The van der Waals surface area contributed by atoms with Crippen molar-refractivity contribution in [1.29, 1.82) is 0 Å². The normalized spacial score (nSPS) is 12.0. The number of hydrogen-bond acceptors (Lipinski definition) is 5. The number of carbonyl (C=O) groups excluding carboxylic acids is 1. The number of methoxy groups -OCH3 is 1. The first-order chi connectivity index (χ1) is 14.3. The molecule has 2 heterocycles. The number of ketones is 1. The summed E-state index contributed by atoms with van der Waals surface area (Å²) in [7, 11) is 1.56. The SMILES string of the molecule is CCOc1cccn2c(C(=O)CC(CC(=O)O)c3cc(C)cc(OC)c3)c(C)nc12. The van der Waals surface area contributed by atoms with E-state index in [0.29, 0.717) is 35.1 Å². The molecule has 0 saturated heterocycles. The van der Waals surface area contributed by atoms with Crippen molar-refractivity contribution in [3.05, 3.63) is 59.0 Å². The van der Waals surface area contributed by atoms with Crippen molar-refractivity contribution in [1.82, 2.24) is 9.38 Å². The molecule has 0 radical (unpaired) electrons. The summed E-state index contributed by atoms with van der Waals surface area (Å²) in [6.45, 7) is 6.07. The molecule has 1 unspecified atom stereocenters. The first-order valence-corrected chi connectivity index (χ1v) is 9.85. The maximum Gasteiger partial charge on any atom is 0.303 e. The molecule has 7 heteroatoms. The fraction of sp³-hybridized carbons (Fsp3) is 0.348. The van der Waals surface area contributed by atoms with Crippen LogP contribution in [0.5, 0.6) is 11.5 Å². The Morgan fingerprint density at radius 1 is 1.20 bits per heavy atom. The van der Waals surface area contributed by atoms with Gasteiger partial charge in [0.1, 0.15) is 11.4 Å². The van der Waals surface area contributed by atoms with Gasteiger partial charge in [-0.05, 0) is 56.2 Å². The summed E-state index contributed by atoms with van der Waals surface area (Å²) in [6, 6.07) is 9.18. The fourth-order valence-electron chi connectivity index (χ4n) is 3.73. The van der Waals surface area contributed by atoms with Crippen molar-refractivity contribution < 1.29 is 24.2 Å². The van der Waals surface area contributed by atoms with Crippen molar-refractivity contribution in [2.45, 2.75) is 39.5 Å². The highest BCUT2D eigenvalue weighted by Gasteiger charge is 2.25. The van der Waals surface area contributed by atoms with Crippen LogP contribution in [-0.2, 0) is 4.79 Å². The summed E-state index contributed by atoms with van der Waals surface area (Å²) in [5.74, 6) is -0.362. The largest absolute Gasteiger partial charge is 0.497 e. The fourth-order valence-corrected chi connectivity index (χ4v) is 3.73. The lowest BCUT2D eigenvalue weighted by atomic mass is 9.88. The number of carboxylic acids is 1. The minimum atomic E-state index is -0.957. The van der Waals surface area contributed by atoms with E-state index in [9.17, 15) is 14.7 Å². The van der Waals surface area contributed by atoms with Gasteiger partial charge in [0.15, 0.2) is 17.2 Å². The summed E-state index contributed by atoms with van der Waals surface area (Å²) >= 11 is 0. The lowest BCUT2D eigenvalue weighted by Crippen LogP contribution is -2.14. The highest BCUT2D eigenvalue weighted by atomic mass is 16.5. The number of carboxylic acid groups (broad SMARTS) is 1. The molecule has 0 saturated carbocycles. The van der Waals surface area contributed by atoms with Crippen LogP contribution in [0.4, 0.5) is 0 Å². The molecule has 0 aliphatic carbocycles. The molecule has 7 nitrogen and oxygen atoms in total. The molecule has 1 aromatic carbocycles. The second-order valence-electron chi connectivity index (χ2n) is 7.25. The molecule has 1 atom stereocenters. The van der Waals surface area contributed by atoms with E-state index in [-0.39, 0.29) is 18.6 Å². The van der Waals surface area contributed by atoms with Crippen molar-refractivity contribution in [2.75, 3.05) is 13.7 Å². The Labute approximate surface area is 175 Å². The maximum atomic E-state index is 13.3. The van der Waals surface area contributed by atoms with E-state index < -0.39 is 11.9 Å². The van der Waals surface area contributed by atoms with Crippen molar-refractivity contribution in [3.8, 4) is 11.5 Å². The third-order valence-corrected chi connectivity index (χ3v) is 4.99. The van der Waals surface area contributed by atoms with Crippen LogP contribution in [0.3, 0.4) is 0 Å². The number of rotatable bonds is 9. The number of aromatic nitrogens is 2. The van der Waals surface area contributed by atoms with Gasteiger partial charge >= 0.3 is 5.97 Å². The van der Waals surface area contributed by atoms with Crippen LogP contribution in [0.2, 0.25) is 0 Å². The number of hydrogen-bond donors (Lipinski definition) is 1. The third-order valence-electron chi connectivity index (χ3n) is 4.99. The van der Waals surface area contributed by atoms with Gasteiger partial charge < -0.3 is 14.6 Å². The van der Waals surface area contributed by atoms with Crippen molar-refractivity contribution >= 4 is 17.4 Å². The van der Waals surface area contributed by atoms with Crippen LogP contribution in [0, 0.1) is 13.8 Å². The lowest BCUT2D eigenvalue weighted by molar-refractivity contribution is -0.137. The Balaban J connectivity index is 1.99. The predicted octanol–water partition coefficient (Wildman–Crippen LogP) is 4.19. The standard InChI is InChI=1S/C23H26N2O5/c1-5-30-20-7-6-8-25-22(15(3)24-23(20)25)19(26)12-17(13-21(27)28)16-9-14(2)10-18(11-16)29-4/h6-11,17H,5,12-13H2,1-4H3,(H,27,28). The molecule has 30 heavy (non-hydrogen) atoms. The highest BCUT2D eigenvalue weighted by molar-refractivity contribution is 5.97. The molecule has 0 amide bonds. The van der Waals surface area contributed by atoms with E-state index in [1.165, 1.54) is 0 Å². The third kappa shape index (κ3) is 4.45. The number of aryl methyl sites for hydroxylation is 2. The van der Waals surface area contributed by atoms with E-state index >= 15 is 0 Å². The molecule has 0 aliphatic rings. The van der Waals surface area contributed by atoms with E-state index in [1.54, 1.807) is 36.8 Å². The predicted molar refractivity (Wildman–Crippen MR) is 113 cm³/mol. The van der Waals surface area contributed by atoms with Crippen molar-refractivity contribution in [2.24, 2.45) is 0 Å². The Kier molecular flexibility index (Phi) is 6.40. The number of nitrogens with zero attached hydrogens (tertiary/aromatic N) is 2. The summed E-state index contributed by atoms with van der Waals surface area (Å²) < 4.78 is 12.7. The van der Waals surface area contributed by atoms with Crippen LogP contribution >= 0.6 is 0 Å². The molecule has 2 aromatic heterocycles. The zero-order valence-corrected chi connectivity index (χ0v) is 17.6. The van der Waals surface area contributed by atoms with Crippen LogP contribution < -0.4 is 9.47 Å². The number of fused-ring (bicyclic) bond motifs is 1. The number of imidazole rings is 1. The first-order valence-electron chi connectivity index (χ1n) is 9.85. The second kappa shape index (κ2) is 8.98. The van der Waals surface area contributed by atoms with Gasteiger partial charge in [0.05, 0.1) is 25.8 Å². The summed E-state index contributed by atoms with van der Waals surface area (Å²) in [5.41, 5.74) is 3.32. The Morgan fingerprint density at radius 3 is 2.63 bits per heavy atom. The van der Waals surface area contributed by atoms with Crippen LogP contribution in [0.25, 0.3) is 5.65 Å². The minimum absolute atomic E-state index is 0.0480. The van der Waals surface area contributed by atoms with Gasteiger partial charge in [-0.1, -0.05) is 6.07 Å². The molecule has 1 N–H and O–H groups in total. The number of Topliss-reactive ketones (excluding diaryl/α,β-unsaturated/α-hetero) is 1. The van der Waals surface area contributed by atoms with Gasteiger partial charge in [-0.25, -0.2) is 4.98 Å². The number of pyridine rings is 1. The molecular formula is C23H26N2O5. The topological polar surface area (TPSA) is 90.1 Å². The zero-order chi connectivity index (χ0) is 21.8. The average molecular weight is 410 g/mol. The van der Waals surface area contributed by atoms with Gasteiger partial charge in [-0.3, -0.25) is 14.0 Å². The molecule has 158 valence electrons. The molecule has 0 spiro atoms. The first kappa shape index (κ1) is 21.4. The molecule has 0 fully saturated rings. The number of aliphatic carboxylic acids is 1. The molecule has 3 aromatic rings. The Bertz CT molecular complexity index is 1090. The monoisotopic (exact) mass is 410 g/mol. The molecule has 0 aliphatic heterocycles. The van der Waals surface area contributed by atoms with Crippen LogP contribution in [-0.4, -0.2) is 40.0 Å². The van der Waals surface area contributed by atoms with Crippen LogP contribution in [0.1, 0.15) is 53.0 Å². The summed E-state index contributed by atoms with van der Waals surface area (Å²) in [5, 5.41) is 9.43. The van der Waals surface area contributed by atoms with Gasteiger partial charge in [0.25, 0.3) is 0 Å². The average Bonchev–Trinajstić information content (AvgIpc) is 3.03. The Hall–Kier alpha value is -3.35. The summed E-state index contributed by atoms with van der Waals surface area (Å²) in [6.07, 6.45) is 1.66. The van der Waals surface area contributed by atoms with E-state index in [0.717, 1.165) is 11.1 Å². The molecular weight excluding hydrogens is 384 g/mol. The van der Waals surface area contributed by atoms with Gasteiger partial charge in [0, 0.05) is 18.5 Å². The van der Waals surface area contributed by atoms with Gasteiger partial charge in [-0.15, -0.1) is 0 Å². The zero-order valence-electron chi connectivity index (χ0n) is 17.6. The van der Waals surface area contributed by atoms with Gasteiger partial charge in [0.2, 0.25) is 0 Å².